The lowest BCUT2D eigenvalue weighted by Gasteiger charge is -2.15. The van der Waals surface area contributed by atoms with E-state index in [0.29, 0.717) is 6.54 Å². The third-order valence-corrected chi connectivity index (χ3v) is 3.27. The summed E-state index contributed by atoms with van der Waals surface area (Å²) in [4.78, 5) is 22.5. The molecule has 7 heteroatoms. The van der Waals surface area contributed by atoms with Gasteiger partial charge < -0.3 is 10.6 Å². The van der Waals surface area contributed by atoms with Gasteiger partial charge in [0.05, 0.1) is 11.0 Å². The second-order valence-corrected chi connectivity index (χ2v) is 5.41. The SMILES string of the molecule is CC(C)NC(=O)C(C)NCc1ccc([N+](=O)[O-])s1. The van der Waals surface area contributed by atoms with Crippen molar-refractivity contribution in [2.24, 2.45) is 0 Å². The molecule has 0 fully saturated rings. The summed E-state index contributed by atoms with van der Waals surface area (Å²) < 4.78 is 0. The van der Waals surface area contributed by atoms with E-state index in [0.717, 1.165) is 16.2 Å². The number of carbonyl (C=O) groups excluding carboxylic acids is 1. The van der Waals surface area contributed by atoms with E-state index in [4.69, 9.17) is 0 Å². The minimum atomic E-state index is -0.414. The minimum Gasteiger partial charge on any atom is -0.353 e. The molecule has 1 unspecified atom stereocenters. The Morgan fingerprint density at radius 3 is 2.61 bits per heavy atom. The van der Waals surface area contributed by atoms with Crippen molar-refractivity contribution in [3.8, 4) is 0 Å². The molecule has 0 aliphatic rings. The molecular weight excluding hydrogens is 254 g/mol. The van der Waals surface area contributed by atoms with Crippen molar-refractivity contribution in [2.75, 3.05) is 0 Å². The number of carbonyl (C=O) groups is 1. The molecular formula is C11H17N3O3S. The molecule has 2 N–H and O–H groups in total. The van der Waals surface area contributed by atoms with E-state index < -0.39 is 4.92 Å². The first-order valence-electron chi connectivity index (χ1n) is 5.67. The van der Waals surface area contributed by atoms with Crippen LogP contribution in [0.15, 0.2) is 12.1 Å². The molecule has 0 aliphatic heterocycles. The molecule has 1 atom stereocenters. The van der Waals surface area contributed by atoms with E-state index in [9.17, 15) is 14.9 Å². The first-order valence-corrected chi connectivity index (χ1v) is 6.48. The van der Waals surface area contributed by atoms with Crippen LogP contribution in [0.5, 0.6) is 0 Å². The third-order valence-electron chi connectivity index (χ3n) is 2.23. The van der Waals surface area contributed by atoms with E-state index in [1.165, 1.54) is 6.07 Å². The van der Waals surface area contributed by atoms with Gasteiger partial charge in [0, 0.05) is 23.5 Å². The summed E-state index contributed by atoms with van der Waals surface area (Å²) in [6.45, 7) is 6.01. The number of thiophene rings is 1. The molecule has 0 bridgehead atoms. The van der Waals surface area contributed by atoms with Crippen LogP contribution in [0.1, 0.15) is 25.6 Å². The Morgan fingerprint density at radius 2 is 2.11 bits per heavy atom. The summed E-state index contributed by atoms with van der Waals surface area (Å²) in [5, 5.41) is 16.5. The van der Waals surface area contributed by atoms with Gasteiger partial charge in [-0.05, 0) is 26.8 Å². The van der Waals surface area contributed by atoms with Crippen LogP contribution in [-0.2, 0) is 11.3 Å². The quantitative estimate of drug-likeness (QED) is 0.608. The van der Waals surface area contributed by atoms with Crippen LogP contribution in [0.3, 0.4) is 0 Å². The standard InChI is InChI=1S/C11H17N3O3S/c1-7(2)13-11(15)8(3)12-6-9-4-5-10(18-9)14(16)17/h4-5,7-8,12H,6H2,1-3H3,(H,13,15). The van der Waals surface area contributed by atoms with Gasteiger partial charge in [-0.25, -0.2) is 0 Å². The number of nitrogens with one attached hydrogen (secondary N) is 2. The van der Waals surface area contributed by atoms with Gasteiger partial charge in [-0.15, -0.1) is 0 Å². The van der Waals surface area contributed by atoms with Gasteiger partial charge in [0.2, 0.25) is 5.91 Å². The number of nitro groups is 1. The fourth-order valence-corrected chi connectivity index (χ4v) is 2.09. The van der Waals surface area contributed by atoms with Crippen molar-refractivity contribution in [1.82, 2.24) is 10.6 Å². The van der Waals surface area contributed by atoms with Crippen molar-refractivity contribution in [3.05, 3.63) is 27.1 Å². The van der Waals surface area contributed by atoms with Crippen LogP contribution in [-0.4, -0.2) is 22.9 Å². The summed E-state index contributed by atoms with van der Waals surface area (Å²) in [5.41, 5.74) is 0. The highest BCUT2D eigenvalue weighted by molar-refractivity contribution is 7.15. The molecule has 1 rings (SSSR count). The largest absolute Gasteiger partial charge is 0.353 e. The van der Waals surface area contributed by atoms with E-state index in [1.54, 1.807) is 13.0 Å². The van der Waals surface area contributed by atoms with Crippen molar-refractivity contribution in [3.63, 3.8) is 0 Å². The topological polar surface area (TPSA) is 84.3 Å². The maximum absolute atomic E-state index is 11.6. The average Bonchev–Trinajstić information content (AvgIpc) is 2.73. The zero-order valence-electron chi connectivity index (χ0n) is 10.6. The van der Waals surface area contributed by atoms with E-state index in [-0.39, 0.29) is 23.0 Å². The first kappa shape index (κ1) is 14.6. The highest BCUT2D eigenvalue weighted by Crippen LogP contribution is 2.23. The molecule has 18 heavy (non-hydrogen) atoms. The summed E-state index contributed by atoms with van der Waals surface area (Å²) in [7, 11) is 0. The molecule has 0 aliphatic carbocycles. The maximum atomic E-state index is 11.6. The van der Waals surface area contributed by atoms with Gasteiger partial charge in [0.15, 0.2) is 0 Å². The Kier molecular flexibility index (Phi) is 5.24. The van der Waals surface area contributed by atoms with Gasteiger partial charge in [-0.1, -0.05) is 11.3 Å². The van der Waals surface area contributed by atoms with Crippen molar-refractivity contribution >= 4 is 22.2 Å². The van der Waals surface area contributed by atoms with Crippen molar-refractivity contribution in [1.29, 1.82) is 0 Å². The molecule has 0 radical (unpaired) electrons. The molecule has 1 amide bonds. The summed E-state index contributed by atoms with van der Waals surface area (Å²) in [5.74, 6) is -0.0731. The molecule has 100 valence electrons. The molecule has 0 saturated heterocycles. The first-order chi connectivity index (χ1) is 8.40. The Labute approximate surface area is 110 Å². The molecule has 1 aromatic rings. The Balaban J connectivity index is 2.44. The zero-order valence-corrected chi connectivity index (χ0v) is 11.4. The summed E-state index contributed by atoms with van der Waals surface area (Å²) in [6.07, 6.45) is 0. The van der Waals surface area contributed by atoms with Crippen LogP contribution in [0.4, 0.5) is 5.00 Å². The van der Waals surface area contributed by atoms with Gasteiger partial charge in [-0.3, -0.25) is 14.9 Å². The van der Waals surface area contributed by atoms with E-state index in [1.807, 2.05) is 13.8 Å². The normalized spacial score (nSPS) is 12.4. The lowest BCUT2D eigenvalue weighted by atomic mass is 10.2. The fraction of sp³-hybridized carbons (Fsp3) is 0.545. The van der Waals surface area contributed by atoms with Gasteiger partial charge in [0.25, 0.3) is 0 Å². The third kappa shape index (κ3) is 4.42. The van der Waals surface area contributed by atoms with Gasteiger partial charge >= 0.3 is 5.00 Å². The number of nitrogens with zero attached hydrogens (tertiary/aromatic N) is 1. The monoisotopic (exact) mass is 271 g/mol. The Hall–Kier alpha value is -1.47. The predicted octanol–water partition coefficient (Wildman–Crippen LogP) is 1.66. The predicted molar refractivity (Wildman–Crippen MR) is 70.6 cm³/mol. The molecule has 0 spiro atoms. The molecule has 6 nitrogen and oxygen atoms in total. The van der Waals surface area contributed by atoms with E-state index in [2.05, 4.69) is 10.6 Å². The Morgan fingerprint density at radius 1 is 1.44 bits per heavy atom. The van der Waals surface area contributed by atoms with Crippen LogP contribution in [0.2, 0.25) is 0 Å². The molecule has 0 saturated carbocycles. The summed E-state index contributed by atoms with van der Waals surface area (Å²) in [6, 6.07) is 2.95. The number of rotatable bonds is 6. The summed E-state index contributed by atoms with van der Waals surface area (Å²) >= 11 is 1.12. The minimum absolute atomic E-state index is 0.0731. The van der Waals surface area contributed by atoms with Crippen LogP contribution in [0.25, 0.3) is 0 Å². The van der Waals surface area contributed by atoms with Crippen molar-refractivity contribution < 1.29 is 9.72 Å². The van der Waals surface area contributed by atoms with Crippen molar-refractivity contribution in [2.45, 2.75) is 39.4 Å². The lowest BCUT2D eigenvalue weighted by molar-refractivity contribution is -0.380. The Bertz CT molecular complexity index is 431. The smallest absolute Gasteiger partial charge is 0.324 e. The average molecular weight is 271 g/mol. The zero-order chi connectivity index (χ0) is 13.7. The highest BCUT2D eigenvalue weighted by atomic mass is 32.1. The highest BCUT2D eigenvalue weighted by Gasteiger charge is 2.14. The second kappa shape index (κ2) is 6.46. The molecule has 0 aromatic carbocycles. The van der Waals surface area contributed by atoms with Crippen LogP contribution < -0.4 is 10.6 Å². The molecule has 1 heterocycles. The lowest BCUT2D eigenvalue weighted by Crippen LogP contribution is -2.44. The molecule has 1 aromatic heterocycles. The van der Waals surface area contributed by atoms with E-state index >= 15 is 0 Å². The second-order valence-electron chi connectivity index (χ2n) is 4.26. The number of hydrogen-bond donors (Lipinski definition) is 2. The van der Waals surface area contributed by atoms with Crippen LogP contribution >= 0.6 is 11.3 Å². The van der Waals surface area contributed by atoms with Gasteiger partial charge in [0.1, 0.15) is 0 Å². The van der Waals surface area contributed by atoms with Gasteiger partial charge in [-0.2, -0.15) is 0 Å². The number of hydrogen-bond acceptors (Lipinski definition) is 5. The van der Waals surface area contributed by atoms with Crippen LogP contribution in [0, 0.1) is 10.1 Å². The number of amides is 1. The fourth-order valence-electron chi connectivity index (χ4n) is 1.32. The maximum Gasteiger partial charge on any atom is 0.324 e.